The van der Waals surface area contributed by atoms with Crippen molar-refractivity contribution in [1.29, 1.82) is 0 Å². The number of non-ortho nitro benzene ring substituents is 2. The summed E-state index contributed by atoms with van der Waals surface area (Å²) in [6.07, 6.45) is 2.37. The van der Waals surface area contributed by atoms with Gasteiger partial charge in [0.15, 0.2) is 0 Å². The van der Waals surface area contributed by atoms with E-state index in [9.17, 15) is 29.8 Å². The average Bonchev–Trinajstić information content (AvgIpc) is 2.73. The molecule has 0 heterocycles. The Balaban J connectivity index is 1.70. The Hall–Kier alpha value is -4.48. The van der Waals surface area contributed by atoms with E-state index >= 15 is 0 Å². The van der Waals surface area contributed by atoms with Crippen LogP contribution in [0, 0.1) is 20.2 Å². The Bertz CT molecular complexity index is 904. The number of benzene rings is 2. The van der Waals surface area contributed by atoms with Crippen LogP contribution in [-0.2, 0) is 9.59 Å². The fourth-order valence-electron chi connectivity index (χ4n) is 2.06. The Morgan fingerprint density at radius 1 is 0.733 bits per heavy atom. The highest BCUT2D eigenvalue weighted by atomic mass is 16.6. The minimum Gasteiger partial charge on any atom is -0.273 e. The summed E-state index contributed by atoms with van der Waals surface area (Å²) in [6, 6.07) is 11.1. The fraction of sp³-hybridized carbons (Fsp3) is 0.111. The highest BCUT2D eigenvalue weighted by Crippen LogP contribution is 2.11. The van der Waals surface area contributed by atoms with Crippen molar-refractivity contribution in [1.82, 2.24) is 10.9 Å². The van der Waals surface area contributed by atoms with E-state index in [1.54, 1.807) is 0 Å². The number of nitrogens with zero attached hydrogens (tertiary/aromatic N) is 4. The maximum atomic E-state index is 11.7. The van der Waals surface area contributed by atoms with Gasteiger partial charge in [0.25, 0.3) is 11.4 Å². The highest BCUT2D eigenvalue weighted by Gasteiger charge is 2.06. The standard InChI is InChI=1S/C18H16N6O6/c25-17(21-19-11-13-1-5-15(6-2-13)23(27)28)9-10-18(26)22-20-12-14-3-7-16(8-4-14)24(29)30/h1-8,11-12H,9-10H2,(H,21,25)(H,22,26). The van der Waals surface area contributed by atoms with Crippen molar-refractivity contribution in [2.24, 2.45) is 10.2 Å². The monoisotopic (exact) mass is 412 g/mol. The Morgan fingerprint density at radius 3 is 1.37 bits per heavy atom. The zero-order chi connectivity index (χ0) is 21.9. The molecule has 2 N–H and O–H groups in total. The summed E-state index contributed by atoms with van der Waals surface area (Å²) in [5.41, 5.74) is 5.48. The van der Waals surface area contributed by atoms with E-state index < -0.39 is 21.7 Å². The van der Waals surface area contributed by atoms with Gasteiger partial charge in [0.1, 0.15) is 0 Å². The molecule has 0 bridgehead atoms. The van der Waals surface area contributed by atoms with E-state index in [0.29, 0.717) is 11.1 Å². The number of nitrogens with one attached hydrogen (secondary N) is 2. The van der Waals surface area contributed by atoms with Crippen LogP contribution >= 0.6 is 0 Å². The SMILES string of the molecule is O=C(CCC(=O)NN=Cc1ccc([N+](=O)[O-])cc1)NN=Cc1ccc([N+](=O)[O-])cc1. The molecule has 0 atom stereocenters. The summed E-state index contributed by atoms with van der Waals surface area (Å²) >= 11 is 0. The van der Waals surface area contributed by atoms with Crippen LogP contribution in [0.4, 0.5) is 11.4 Å². The molecule has 0 aliphatic rings. The maximum absolute atomic E-state index is 11.7. The number of hydrazone groups is 2. The van der Waals surface area contributed by atoms with Crippen LogP contribution in [0.1, 0.15) is 24.0 Å². The van der Waals surface area contributed by atoms with Gasteiger partial charge >= 0.3 is 0 Å². The summed E-state index contributed by atoms with van der Waals surface area (Å²) in [6.45, 7) is 0. The first kappa shape index (κ1) is 21.8. The number of hydrogen-bond acceptors (Lipinski definition) is 8. The second-order valence-corrected chi connectivity index (χ2v) is 5.78. The first-order valence-corrected chi connectivity index (χ1v) is 8.48. The molecule has 2 rings (SSSR count). The van der Waals surface area contributed by atoms with Crippen molar-refractivity contribution >= 4 is 35.6 Å². The molecule has 0 unspecified atom stereocenters. The Labute approximate surface area is 169 Å². The lowest BCUT2D eigenvalue weighted by Gasteiger charge is -2.00. The van der Waals surface area contributed by atoms with E-state index in [0.717, 1.165) is 0 Å². The highest BCUT2D eigenvalue weighted by molar-refractivity contribution is 5.86. The van der Waals surface area contributed by atoms with E-state index in [-0.39, 0.29) is 24.2 Å². The largest absolute Gasteiger partial charge is 0.273 e. The zero-order valence-corrected chi connectivity index (χ0v) is 15.4. The van der Waals surface area contributed by atoms with Crippen LogP contribution in [-0.4, -0.2) is 34.1 Å². The normalized spacial score (nSPS) is 10.8. The summed E-state index contributed by atoms with van der Waals surface area (Å²) in [4.78, 5) is 43.4. The van der Waals surface area contributed by atoms with Crippen molar-refractivity contribution in [2.45, 2.75) is 12.8 Å². The van der Waals surface area contributed by atoms with Crippen molar-refractivity contribution in [2.75, 3.05) is 0 Å². The number of rotatable bonds is 9. The van der Waals surface area contributed by atoms with Crippen LogP contribution in [0.25, 0.3) is 0 Å². The maximum Gasteiger partial charge on any atom is 0.269 e. The van der Waals surface area contributed by atoms with E-state index in [1.807, 2.05) is 0 Å². The van der Waals surface area contributed by atoms with Gasteiger partial charge in [-0.3, -0.25) is 29.8 Å². The van der Waals surface area contributed by atoms with Gasteiger partial charge in [-0.15, -0.1) is 0 Å². The van der Waals surface area contributed by atoms with Gasteiger partial charge < -0.3 is 0 Å². The molecule has 0 saturated heterocycles. The molecular formula is C18H16N6O6. The number of carbonyl (C=O) groups excluding carboxylic acids is 2. The number of hydrogen-bond donors (Lipinski definition) is 2. The predicted molar refractivity (Wildman–Crippen MR) is 107 cm³/mol. The third kappa shape index (κ3) is 7.26. The van der Waals surface area contributed by atoms with Gasteiger partial charge in [0.2, 0.25) is 11.8 Å². The molecule has 0 aliphatic carbocycles. The first-order valence-electron chi connectivity index (χ1n) is 8.48. The topological polar surface area (TPSA) is 169 Å². The number of nitro groups is 2. The van der Waals surface area contributed by atoms with E-state index in [1.165, 1.54) is 61.0 Å². The van der Waals surface area contributed by atoms with Crippen molar-refractivity contribution in [3.05, 3.63) is 79.9 Å². The molecular weight excluding hydrogens is 396 g/mol. The quantitative estimate of drug-likeness (QED) is 0.362. The van der Waals surface area contributed by atoms with Crippen molar-refractivity contribution in [3.8, 4) is 0 Å². The lowest BCUT2D eigenvalue weighted by molar-refractivity contribution is -0.385. The molecule has 154 valence electrons. The summed E-state index contributed by atoms with van der Waals surface area (Å²) in [7, 11) is 0. The second-order valence-electron chi connectivity index (χ2n) is 5.78. The van der Waals surface area contributed by atoms with Crippen molar-refractivity contribution < 1.29 is 19.4 Å². The Kier molecular flexibility index (Phi) is 7.82. The van der Waals surface area contributed by atoms with Gasteiger partial charge in [-0.25, -0.2) is 10.9 Å². The van der Waals surface area contributed by atoms with E-state index in [2.05, 4.69) is 21.1 Å². The van der Waals surface area contributed by atoms with E-state index in [4.69, 9.17) is 0 Å². The lowest BCUT2D eigenvalue weighted by atomic mass is 10.2. The van der Waals surface area contributed by atoms with Gasteiger partial charge in [0, 0.05) is 37.1 Å². The average molecular weight is 412 g/mol. The van der Waals surface area contributed by atoms with Crippen LogP contribution in [0.5, 0.6) is 0 Å². The smallest absolute Gasteiger partial charge is 0.269 e. The van der Waals surface area contributed by atoms with Crippen molar-refractivity contribution in [3.63, 3.8) is 0 Å². The summed E-state index contributed by atoms with van der Waals surface area (Å²) in [5.74, 6) is -0.995. The van der Waals surface area contributed by atoms with Crippen LogP contribution in [0.15, 0.2) is 58.7 Å². The fourth-order valence-corrected chi connectivity index (χ4v) is 2.06. The Morgan fingerprint density at radius 2 is 1.07 bits per heavy atom. The second kappa shape index (κ2) is 10.8. The minimum absolute atomic E-state index is 0.0570. The molecule has 0 radical (unpaired) electrons. The van der Waals surface area contributed by atoms with Gasteiger partial charge in [-0.1, -0.05) is 0 Å². The molecule has 2 aromatic carbocycles. The third-order valence-electron chi connectivity index (χ3n) is 3.59. The number of amides is 2. The zero-order valence-electron chi connectivity index (χ0n) is 15.4. The molecule has 0 fully saturated rings. The van der Waals surface area contributed by atoms with Gasteiger partial charge in [-0.05, 0) is 35.4 Å². The predicted octanol–water partition coefficient (Wildman–Crippen LogP) is 1.88. The van der Waals surface area contributed by atoms with Crippen LogP contribution in [0.2, 0.25) is 0 Å². The number of carbonyl (C=O) groups is 2. The molecule has 2 amide bonds. The summed E-state index contributed by atoms with van der Waals surface area (Å²) in [5, 5.41) is 28.6. The third-order valence-corrected chi connectivity index (χ3v) is 3.59. The molecule has 30 heavy (non-hydrogen) atoms. The van der Waals surface area contributed by atoms with Crippen LogP contribution in [0.3, 0.4) is 0 Å². The number of nitro benzene ring substituents is 2. The van der Waals surface area contributed by atoms with Crippen LogP contribution < -0.4 is 10.9 Å². The summed E-state index contributed by atoms with van der Waals surface area (Å²) < 4.78 is 0. The lowest BCUT2D eigenvalue weighted by Crippen LogP contribution is -2.22. The minimum atomic E-state index is -0.524. The first-order chi connectivity index (χ1) is 14.3. The van der Waals surface area contributed by atoms with Gasteiger partial charge in [0.05, 0.1) is 22.3 Å². The van der Waals surface area contributed by atoms with Gasteiger partial charge in [-0.2, -0.15) is 10.2 Å². The molecule has 0 aromatic heterocycles. The molecule has 0 aliphatic heterocycles. The molecule has 12 heteroatoms. The molecule has 12 nitrogen and oxygen atoms in total. The molecule has 0 spiro atoms. The molecule has 0 saturated carbocycles. The molecule has 2 aromatic rings.